The average molecular weight is 520 g/mol. The summed E-state index contributed by atoms with van der Waals surface area (Å²) in [5.41, 5.74) is 0.500. The molecule has 0 spiro atoms. The third kappa shape index (κ3) is 10.0. The number of hydrogen-bond acceptors (Lipinski definition) is 5. The molecule has 2 rings (SSSR count). The van der Waals surface area contributed by atoms with E-state index in [1.165, 1.54) is 0 Å². The van der Waals surface area contributed by atoms with Gasteiger partial charge in [0.1, 0.15) is 6.54 Å². The zero-order valence-corrected chi connectivity index (χ0v) is 20.0. The van der Waals surface area contributed by atoms with E-state index in [-0.39, 0.29) is 42.0 Å². The van der Waals surface area contributed by atoms with Crippen LogP contribution in [-0.4, -0.2) is 56.9 Å². The molecule has 0 fully saturated rings. The van der Waals surface area contributed by atoms with Gasteiger partial charge in [0.05, 0.1) is 19.8 Å². The Hall–Kier alpha value is -1.75. The van der Waals surface area contributed by atoms with Crippen LogP contribution in [0.5, 0.6) is 11.5 Å². The highest BCUT2D eigenvalue weighted by Gasteiger charge is 2.14. The standard InChI is InChI=1S/C20H32N4O4.HI/c1-5-26-12-9-21-19(22-14-18(25)24-20(2,3)4)23-15-7-8-16-17(13-15)28-11-6-10-27-16;/h7-8,13H,5-6,9-12,14H2,1-4H3,(H,24,25)(H2,21,22,23);1H. The number of ether oxygens (including phenoxy) is 3. The summed E-state index contributed by atoms with van der Waals surface area (Å²) in [6.07, 6.45) is 0.853. The molecule has 0 saturated heterocycles. The number of anilines is 1. The number of hydrogen-bond donors (Lipinski definition) is 3. The van der Waals surface area contributed by atoms with Gasteiger partial charge in [0.15, 0.2) is 17.5 Å². The first-order chi connectivity index (χ1) is 13.4. The summed E-state index contributed by atoms with van der Waals surface area (Å²) >= 11 is 0. The first kappa shape index (κ1) is 25.3. The number of halogens is 1. The highest BCUT2D eigenvalue weighted by atomic mass is 127. The first-order valence-electron chi connectivity index (χ1n) is 9.71. The molecule has 0 aliphatic carbocycles. The second-order valence-electron chi connectivity index (χ2n) is 7.42. The minimum absolute atomic E-state index is 0. The maximum atomic E-state index is 12.1. The molecule has 1 amide bonds. The van der Waals surface area contributed by atoms with E-state index in [4.69, 9.17) is 14.2 Å². The van der Waals surface area contributed by atoms with Gasteiger partial charge in [0.2, 0.25) is 5.91 Å². The van der Waals surface area contributed by atoms with Crippen molar-refractivity contribution >= 4 is 41.5 Å². The number of rotatable bonds is 7. The number of fused-ring (bicyclic) bond motifs is 1. The third-order valence-corrected chi connectivity index (χ3v) is 3.65. The molecular weight excluding hydrogens is 487 g/mol. The van der Waals surface area contributed by atoms with Gasteiger partial charge in [-0.1, -0.05) is 0 Å². The molecular formula is C20H33IN4O4. The fourth-order valence-electron chi connectivity index (χ4n) is 2.51. The fourth-order valence-corrected chi connectivity index (χ4v) is 2.51. The lowest BCUT2D eigenvalue weighted by atomic mass is 10.1. The molecule has 1 aliphatic heterocycles. The molecule has 0 aromatic heterocycles. The largest absolute Gasteiger partial charge is 0.490 e. The number of amides is 1. The first-order valence-corrected chi connectivity index (χ1v) is 9.71. The van der Waals surface area contributed by atoms with Gasteiger partial charge in [-0.15, -0.1) is 24.0 Å². The number of nitrogens with zero attached hydrogens (tertiary/aromatic N) is 1. The van der Waals surface area contributed by atoms with Crippen molar-refractivity contribution in [1.82, 2.24) is 10.6 Å². The maximum absolute atomic E-state index is 12.1. The van der Waals surface area contributed by atoms with E-state index in [1.807, 2.05) is 45.9 Å². The van der Waals surface area contributed by atoms with Crippen LogP contribution in [0.25, 0.3) is 0 Å². The number of carbonyl (C=O) groups excluding carboxylic acids is 1. The molecule has 3 N–H and O–H groups in total. The van der Waals surface area contributed by atoms with Crippen LogP contribution in [0.15, 0.2) is 23.2 Å². The Kier molecular flexibility index (Phi) is 11.1. The fraction of sp³-hybridized carbons (Fsp3) is 0.600. The quantitative estimate of drug-likeness (QED) is 0.222. The number of benzene rings is 1. The molecule has 0 atom stereocenters. The molecule has 0 radical (unpaired) electrons. The van der Waals surface area contributed by atoms with Crippen LogP contribution in [-0.2, 0) is 9.53 Å². The van der Waals surface area contributed by atoms with E-state index in [0.29, 0.717) is 44.7 Å². The van der Waals surface area contributed by atoms with Crippen molar-refractivity contribution in [3.05, 3.63) is 18.2 Å². The predicted octanol–water partition coefficient (Wildman–Crippen LogP) is 2.77. The van der Waals surface area contributed by atoms with Gasteiger partial charge in [0, 0.05) is 36.9 Å². The van der Waals surface area contributed by atoms with Crippen LogP contribution in [0.3, 0.4) is 0 Å². The van der Waals surface area contributed by atoms with Crippen LogP contribution in [0.2, 0.25) is 0 Å². The van der Waals surface area contributed by atoms with E-state index < -0.39 is 0 Å². The van der Waals surface area contributed by atoms with Crippen LogP contribution < -0.4 is 25.4 Å². The van der Waals surface area contributed by atoms with Crippen LogP contribution in [0, 0.1) is 0 Å². The van der Waals surface area contributed by atoms with Crippen LogP contribution in [0.4, 0.5) is 5.69 Å². The van der Waals surface area contributed by atoms with Gasteiger partial charge < -0.3 is 30.2 Å². The smallest absolute Gasteiger partial charge is 0.242 e. The lowest BCUT2D eigenvalue weighted by Gasteiger charge is -2.20. The van der Waals surface area contributed by atoms with Crippen LogP contribution in [0.1, 0.15) is 34.1 Å². The molecule has 1 aliphatic rings. The molecule has 0 unspecified atom stereocenters. The van der Waals surface area contributed by atoms with Crippen molar-refractivity contribution in [3.8, 4) is 11.5 Å². The summed E-state index contributed by atoms with van der Waals surface area (Å²) in [6.45, 7) is 10.8. The molecule has 164 valence electrons. The van der Waals surface area contributed by atoms with Crippen LogP contribution >= 0.6 is 24.0 Å². The van der Waals surface area contributed by atoms with Gasteiger partial charge in [-0.05, 0) is 39.8 Å². The molecule has 1 aromatic rings. The molecule has 1 aromatic carbocycles. The van der Waals surface area contributed by atoms with Gasteiger partial charge in [-0.25, -0.2) is 4.99 Å². The van der Waals surface area contributed by atoms with E-state index >= 15 is 0 Å². The Morgan fingerprint density at radius 3 is 2.62 bits per heavy atom. The summed E-state index contributed by atoms with van der Waals surface area (Å²) in [4.78, 5) is 16.5. The zero-order chi connectivity index (χ0) is 20.4. The molecule has 1 heterocycles. The highest BCUT2D eigenvalue weighted by Crippen LogP contribution is 2.32. The van der Waals surface area contributed by atoms with Crippen molar-refractivity contribution < 1.29 is 19.0 Å². The summed E-state index contributed by atoms with van der Waals surface area (Å²) in [6, 6.07) is 5.63. The van der Waals surface area contributed by atoms with Crippen molar-refractivity contribution in [1.29, 1.82) is 0 Å². The number of guanidine groups is 1. The predicted molar refractivity (Wildman–Crippen MR) is 126 cm³/mol. The number of aliphatic imine (C=N–C) groups is 1. The topological polar surface area (TPSA) is 93.2 Å². The summed E-state index contributed by atoms with van der Waals surface area (Å²) in [5, 5.41) is 9.29. The van der Waals surface area contributed by atoms with Gasteiger partial charge in [0.25, 0.3) is 0 Å². The SMILES string of the molecule is CCOCCNC(=NCC(=O)NC(C)(C)C)Nc1ccc2c(c1)OCCCO2.I. The minimum atomic E-state index is -0.295. The van der Waals surface area contributed by atoms with Crippen molar-refractivity contribution in [2.24, 2.45) is 4.99 Å². The van der Waals surface area contributed by atoms with E-state index in [1.54, 1.807) is 0 Å². The second-order valence-corrected chi connectivity index (χ2v) is 7.42. The third-order valence-electron chi connectivity index (χ3n) is 3.65. The number of carbonyl (C=O) groups is 1. The summed E-state index contributed by atoms with van der Waals surface area (Å²) in [7, 11) is 0. The highest BCUT2D eigenvalue weighted by molar-refractivity contribution is 14.0. The number of nitrogens with one attached hydrogen (secondary N) is 3. The van der Waals surface area contributed by atoms with E-state index in [0.717, 1.165) is 17.9 Å². The molecule has 8 nitrogen and oxygen atoms in total. The Morgan fingerprint density at radius 1 is 1.21 bits per heavy atom. The average Bonchev–Trinajstić information content (AvgIpc) is 2.86. The van der Waals surface area contributed by atoms with E-state index in [2.05, 4.69) is 20.9 Å². The normalized spacial score (nSPS) is 13.7. The van der Waals surface area contributed by atoms with Gasteiger partial charge in [-0.3, -0.25) is 4.79 Å². The maximum Gasteiger partial charge on any atom is 0.242 e. The van der Waals surface area contributed by atoms with Crippen molar-refractivity contribution in [2.75, 3.05) is 44.8 Å². The van der Waals surface area contributed by atoms with Gasteiger partial charge >= 0.3 is 0 Å². The Bertz CT molecular complexity index is 677. The van der Waals surface area contributed by atoms with Crippen molar-refractivity contribution in [3.63, 3.8) is 0 Å². The molecule has 0 bridgehead atoms. The lowest BCUT2D eigenvalue weighted by Crippen LogP contribution is -2.42. The Morgan fingerprint density at radius 2 is 1.93 bits per heavy atom. The Labute approximate surface area is 190 Å². The summed E-state index contributed by atoms with van der Waals surface area (Å²) < 4.78 is 16.7. The second kappa shape index (κ2) is 12.7. The van der Waals surface area contributed by atoms with Crippen molar-refractivity contribution in [2.45, 2.75) is 39.7 Å². The monoisotopic (exact) mass is 520 g/mol. The molecule has 9 heteroatoms. The Balaban J connectivity index is 0.00000420. The summed E-state index contributed by atoms with van der Waals surface area (Å²) in [5.74, 6) is 1.78. The van der Waals surface area contributed by atoms with E-state index in [9.17, 15) is 4.79 Å². The zero-order valence-electron chi connectivity index (χ0n) is 17.7. The molecule has 0 saturated carbocycles. The van der Waals surface area contributed by atoms with Gasteiger partial charge in [-0.2, -0.15) is 0 Å². The lowest BCUT2D eigenvalue weighted by molar-refractivity contribution is -0.121. The minimum Gasteiger partial charge on any atom is -0.490 e. The molecule has 29 heavy (non-hydrogen) atoms.